The first kappa shape index (κ1) is 21.0. The molecule has 1 unspecified atom stereocenters. The molecule has 0 aromatic heterocycles. The predicted octanol–water partition coefficient (Wildman–Crippen LogP) is 3.15. The molecule has 1 aliphatic rings. The number of aliphatic hydroxyl groups excluding tert-OH is 1. The summed E-state index contributed by atoms with van der Waals surface area (Å²) in [4.78, 5) is 4.66. The number of aliphatic hydroxyl groups is 1. The first-order valence-electron chi connectivity index (χ1n) is 8.16. The SMILES string of the molecule is CCNC(=NCC(C)(CC)CO)NCC1(CC)CCC1.I. The smallest absolute Gasteiger partial charge is 0.191 e. The molecular weight excluding hydrogens is 377 g/mol. The Kier molecular flexibility index (Phi) is 9.85. The minimum atomic E-state index is -0.110. The van der Waals surface area contributed by atoms with Crippen LogP contribution in [-0.4, -0.2) is 37.3 Å². The molecule has 0 heterocycles. The van der Waals surface area contributed by atoms with E-state index in [4.69, 9.17) is 0 Å². The fourth-order valence-electron chi connectivity index (χ4n) is 2.49. The maximum absolute atomic E-state index is 9.46. The maximum Gasteiger partial charge on any atom is 0.191 e. The highest BCUT2D eigenvalue weighted by molar-refractivity contribution is 14.0. The molecule has 126 valence electrons. The zero-order valence-corrected chi connectivity index (χ0v) is 16.5. The first-order chi connectivity index (χ1) is 9.53. The minimum absolute atomic E-state index is 0. The number of nitrogens with zero attached hydrogens (tertiary/aromatic N) is 1. The number of nitrogens with one attached hydrogen (secondary N) is 2. The van der Waals surface area contributed by atoms with Crippen LogP contribution in [0.1, 0.15) is 59.8 Å². The van der Waals surface area contributed by atoms with Gasteiger partial charge in [0.25, 0.3) is 0 Å². The number of guanidine groups is 1. The molecule has 1 saturated carbocycles. The standard InChI is InChI=1S/C16H33N3O.HI/c1-5-15(4,13-20)11-18-14(17-7-3)19-12-16(6-2)9-8-10-16;/h20H,5-13H2,1-4H3,(H2,17,18,19);1H. The van der Waals surface area contributed by atoms with E-state index in [-0.39, 0.29) is 36.0 Å². The van der Waals surface area contributed by atoms with E-state index >= 15 is 0 Å². The van der Waals surface area contributed by atoms with Gasteiger partial charge >= 0.3 is 0 Å². The second-order valence-electron chi connectivity index (χ2n) is 6.58. The number of rotatable bonds is 8. The van der Waals surface area contributed by atoms with Crippen LogP contribution in [0.2, 0.25) is 0 Å². The van der Waals surface area contributed by atoms with Gasteiger partial charge < -0.3 is 15.7 Å². The lowest BCUT2D eigenvalue weighted by Gasteiger charge is -2.41. The van der Waals surface area contributed by atoms with Crippen LogP contribution in [-0.2, 0) is 0 Å². The van der Waals surface area contributed by atoms with Crippen molar-refractivity contribution in [3.8, 4) is 0 Å². The van der Waals surface area contributed by atoms with E-state index in [9.17, 15) is 5.11 Å². The van der Waals surface area contributed by atoms with Crippen molar-refractivity contribution < 1.29 is 5.11 Å². The molecule has 1 atom stereocenters. The summed E-state index contributed by atoms with van der Waals surface area (Å²) in [6, 6.07) is 0. The molecule has 0 radical (unpaired) electrons. The van der Waals surface area contributed by atoms with Crippen LogP contribution in [0, 0.1) is 10.8 Å². The molecule has 0 saturated heterocycles. The van der Waals surface area contributed by atoms with E-state index < -0.39 is 0 Å². The topological polar surface area (TPSA) is 56.7 Å². The third kappa shape index (κ3) is 6.30. The van der Waals surface area contributed by atoms with Crippen molar-refractivity contribution in [3.63, 3.8) is 0 Å². The molecule has 0 aromatic rings. The van der Waals surface area contributed by atoms with Crippen molar-refractivity contribution in [2.45, 2.75) is 59.8 Å². The van der Waals surface area contributed by atoms with E-state index in [1.165, 1.54) is 25.7 Å². The molecule has 4 nitrogen and oxygen atoms in total. The van der Waals surface area contributed by atoms with Gasteiger partial charge in [0.05, 0.1) is 13.2 Å². The van der Waals surface area contributed by atoms with Crippen LogP contribution in [0.25, 0.3) is 0 Å². The highest BCUT2D eigenvalue weighted by Gasteiger charge is 2.34. The zero-order chi connectivity index (χ0) is 15.1. The lowest BCUT2D eigenvalue weighted by molar-refractivity contribution is 0.131. The largest absolute Gasteiger partial charge is 0.396 e. The molecule has 1 aliphatic carbocycles. The van der Waals surface area contributed by atoms with Gasteiger partial charge in [0, 0.05) is 18.5 Å². The van der Waals surface area contributed by atoms with E-state index in [1.54, 1.807) is 0 Å². The normalized spacial score (nSPS) is 20.0. The molecule has 1 rings (SSSR count). The van der Waals surface area contributed by atoms with Gasteiger partial charge in [-0.1, -0.05) is 27.2 Å². The number of halogens is 1. The number of hydrogen-bond acceptors (Lipinski definition) is 2. The Bertz CT molecular complexity index is 307. The lowest BCUT2D eigenvalue weighted by Crippen LogP contribution is -2.46. The fourth-order valence-corrected chi connectivity index (χ4v) is 2.49. The monoisotopic (exact) mass is 411 g/mol. The molecule has 1 fully saturated rings. The quantitative estimate of drug-likeness (QED) is 0.327. The van der Waals surface area contributed by atoms with Crippen molar-refractivity contribution in [2.24, 2.45) is 15.8 Å². The molecular formula is C16H34IN3O. The Hall–Kier alpha value is -0.0400. The molecule has 0 aromatic carbocycles. The summed E-state index contributed by atoms with van der Waals surface area (Å²) >= 11 is 0. The van der Waals surface area contributed by atoms with Gasteiger partial charge in [0.15, 0.2) is 5.96 Å². The summed E-state index contributed by atoms with van der Waals surface area (Å²) in [5, 5.41) is 16.3. The van der Waals surface area contributed by atoms with Crippen LogP contribution < -0.4 is 10.6 Å². The highest BCUT2D eigenvalue weighted by atomic mass is 127. The van der Waals surface area contributed by atoms with Gasteiger partial charge in [-0.05, 0) is 38.0 Å². The van der Waals surface area contributed by atoms with Crippen LogP contribution in [0.4, 0.5) is 0 Å². The predicted molar refractivity (Wildman–Crippen MR) is 101 cm³/mol. The second-order valence-corrected chi connectivity index (χ2v) is 6.58. The van der Waals surface area contributed by atoms with Crippen LogP contribution >= 0.6 is 24.0 Å². The molecule has 5 heteroatoms. The first-order valence-corrected chi connectivity index (χ1v) is 8.16. The summed E-state index contributed by atoms with van der Waals surface area (Å²) in [5.74, 6) is 0.889. The summed E-state index contributed by atoms with van der Waals surface area (Å²) in [6.07, 6.45) is 6.20. The van der Waals surface area contributed by atoms with Crippen LogP contribution in [0.15, 0.2) is 4.99 Å². The van der Waals surface area contributed by atoms with Crippen molar-refractivity contribution in [2.75, 3.05) is 26.2 Å². The summed E-state index contributed by atoms with van der Waals surface area (Å²) < 4.78 is 0. The van der Waals surface area contributed by atoms with Gasteiger partial charge in [0.1, 0.15) is 0 Å². The third-order valence-corrected chi connectivity index (χ3v) is 4.99. The Morgan fingerprint density at radius 3 is 2.29 bits per heavy atom. The Morgan fingerprint density at radius 2 is 1.90 bits per heavy atom. The van der Waals surface area contributed by atoms with Crippen molar-refractivity contribution in [1.82, 2.24) is 10.6 Å². The number of aliphatic imine (C=N–C) groups is 1. The average molecular weight is 411 g/mol. The van der Waals surface area contributed by atoms with E-state index in [1.807, 2.05) is 0 Å². The molecule has 0 amide bonds. The molecule has 21 heavy (non-hydrogen) atoms. The van der Waals surface area contributed by atoms with Crippen LogP contribution in [0.5, 0.6) is 0 Å². The second kappa shape index (κ2) is 9.87. The maximum atomic E-state index is 9.46. The van der Waals surface area contributed by atoms with Gasteiger partial charge in [-0.15, -0.1) is 24.0 Å². The van der Waals surface area contributed by atoms with Crippen LogP contribution in [0.3, 0.4) is 0 Å². The Labute approximate surface area is 147 Å². The number of hydrogen-bond donors (Lipinski definition) is 3. The molecule has 3 N–H and O–H groups in total. The highest BCUT2D eigenvalue weighted by Crippen LogP contribution is 2.42. The van der Waals surface area contributed by atoms with Crippen molar-refractivity contribution >= 4 is 29.9 Å². The summed E-state index contributed by atoms with van der Waals surface area (Å²) in [7, 11) is 0. The zero-order valence-electron chi connectivity index (χ0n) is 14.2. The summed E-state index contributed by atoms with van der Waals surface area (Å²) in [5.41, 5.74) is 0.377. The van der Waals surface area contributed by atoms with E-state index in [0.29, 0.717) is 12.0 Å². The summed E-state index contributed by atoms with van der Waals surface area (Å²) in [6.45, 7) is 11.3. The average Bonchev–Trinajstić information content (AvgIpc) is 2.43. The van der Waals surface area contributed by atoms with Crippen molar-refractivity contribution in [3.05, 3.63) is 0 Å². The van der Waals surface area contributed by atoms with Gasteiger partial charge in [-0.25, -0.2) is 0 Å². The third-order valence-electron chi connectivity index (χ3n) is 4.99. The van der Waals surface area contributed by atoms with Crippen molar-refractivity contribution in [1.29, 1.82) is 0 Å². The Morgan fingerprint density at radius 1 is 1.24 bits per heavy atom. The fraction of sp³-hybridized carbons (Fsp3) is 0.938. The van der Waals surface area contributed by atoms with E-state index in [2.05, 4.69) is 43.3 Å². The lowest BCUT2D eigenvalue weighted by atomic mass is 9.67. The van der Waals surface area contributed by atoms with Gasteiger partial charge in [-0.3, -0.25) is 4.99 Å². The Balaban J connectivity index is 0.00000400. The molecule has 0 spiro atoms. The van der Waals surface area contributed by atoms with Gasteiger partial charge in [0.2, 0.25) is 0 Å². The molecule has 0 aliphatic heterocycles. The molecule has 0 bridgehead atoms. The minimum Gasteiger partial charge on any atom is -0.396 e. The van der Waals surface area contributed by atoms with E-state index in [0.717, 1.165) is 25.5 Å². The van der Waals surface area contributed by atoms with Gasteiger partial charge in [-0.2, -0.15) is 0 Å².